The van der Waals surface area contributed by atoms with Crippen LogP contribution >= 0.6 is 0 Å². The minimum Gasteiger partial charge on any atom is -0.480 e. The number of methoxy groups -OCH3 is 1. The molecule has 514 valence electrons. The van der Waals surface area contributed by atoms with Crippen molar-refractivity contribution in [1.29, 1.82) is 0 Å². The number of benzene rings is 2. The van der Waals surface area contributed by atoms with Gasteiger partial charge in [0.15, 0.2) is 0 Å². The number of nitrogens with one attached hydrogen (secondary N) is 3. The second kappa shape index (κ2) is 35.5. The number of primary amides is 2. The lowest BCUT2D eigenvalue weighted by Gasteiger charge is -2.42. The van der Waals surface area contributed by atoms with Crippen LogP contribution in [0, 0.1) is 23.7 Å². The van der Waals surface area contributed by atoms with Crippen molar-refractivity contribution in [2.75, 3.05) is 62.0 Å². The monoisotopic (exact) mass is 1300 g/mol. The van der Waals surface area contributed by atoms with Gasteiger partial charge in [-0.05, 0) is 66.9 Å². The van der Waals surface area contributed by atoms with E-state index in [-0.39, 0.29) is 57.7 Å². The van der Waals surface area contributed by atoms with Gasteiger partial charge in [0.25, 0.3) is 0 Å². The number of likely N-dealkylation sites (tertiary alicyclic amines) is 2. The van der Waals surface area contributed by atoms with Crippen LogP contribution in [0.3, 0.4) is 0 Å². The van der Waals surface area contributed by atoms with Crippen LogP contribution in [0.2, 0.25) is 0 Å². The Morgan fingerprint density at radius 2 is 1.00 bits per heavy atom. The van der Waals surface area contributed by atoms with Crippen molar-refractivity contribution in [2.45, 2.75) is 180 Å². The van der Waals surface area contributed by atoms with Gasteiger partial charge in [-0.1, -0.05) is 122 Å². The van der Waals surface area contributed by atoms with Gasteiger partial charge in [0.2, 0.25) is 70.9 Å². The third kappa shape index (κ3) is 20.5. The summed E-state index contributed by atoms with van der Waals surface area (Å²) in [5.74, 6) is -12.6. The lowest BCUT2D eigenvalue weighted by Crippen LogP contribution is -2.63. The van der Waals surface area contributed by atoms with Crippen molar-refractivity contribution in [3.63, 3.8) is 0 Å². The molecule has 2 aromatic carbocycles. The molecule has 2 fully saturated rings. The van der Waals surface area contributed by atoms with Crippen LogP contribution in [-0.2, 0) is 79.9 Å². The number of likely N-dealkylation sites (N-methyl/N-ethyl adjacent to an activating group) is 5. The predicted molar refractivity (Wildman–Crippen MR) is 344 cm³/mol. The quantitative estimate of drug-likeness (QED) is 0.0568. The van der Waals surface area contributed by atoms with Gasteiger partial charge in [-0.15, -0.1) is 0 Å². The fourth-order valence-electron chi connectivity index (χ4n) is 12.5. The molecule has 0 aliphatic carbocycles. The van der Waals surface area contributed by atoms with Crippen LogP contribution in [0.15, 0.2) is 60.7 Å². The summed E-state index contributed by atoms with van der Waals surface area (Å²) < 4.78 is 5.00. The van der Waals surface area contributed by atoms with E-state index in [0.29, 0.717) is 30.4 Å². The Kier molecular flexibility index (Phi) is 29.4. The highest BCUT2D eigenvalue weighted by molar-refractivity contribution is 6.00. The maximum absolute atomic E-state index is 15.2. The normalized spacial score (nSPS) is 17.6. The van der Waals surface area contributed by atoms with Crippen LogP contribution < -0.4 is 27.4 Å². The van der Waals surface area contributed by atoms with Crippen LogP contribution in [0.5, 0.6) is 0 Å². The molecule has 2 saturated heterocycles. The molecule has 8 N–H and O–H groups in total. The number of rotatable bonds is 34. The first kappa shape index (κ1) is 77.0. The van der Waals surface area contributed by atoms with Crippen molar-refractivity contribution >= 4 is 76.9 Å². The maximum atomic E-state index is 15.2. The van der Waals surface area contributed by atoms with Crippen molar-refractivity contribution in [3.05, 3.63) is 71.8 Å². The molecule has 93 heavy (non-hydrogen) atoms. The third-order valence-electron chi connectivity index (χ3n) is 17.6. The number of nitrogens with two attached hydrogens (primary N) is 2. The van der Waals surface area contributed by atoms with E-state index in [9.17, 15) is 53.1 Å². The molecule has 11 unspecified atom stereocenters. The largest absolute Gasteiger partial charge is 0.480 e. The van der Waals surface area contributed by atoms with Crippen LogP contribution in [0.4, 0.5) is 0 Å². The molecule has 0 bridgehead atoms. The first-order valence-corrected chi connectivity index (χ1v) is 31.9. The molecule has 2 heterocycles. The van der Waals surface area contributed by atoms with Gasteiger partial charge >= 0.3 is 5.97 Å². The fraction of sp³-hybridized carbons (Fsp3) is 0.621. The molecule has 2 aliphatic rings. The molecule has 0 radical (unpaired) electrons. The number of nitrogens with zero attached hydrogens (tertiary/aromatic N) is 7. The zero-order chi connectivity index (χ0) is 69.9. The smallest absolute Gasteiger partial charge is 0.326 e. The summed E-state index contributed by atoms with van der Waals surface area (Å²) in [6.07, 6.45) is 0.260. The molecular formula is C66H100N12O15. The molecular weight excluding hydrogens is 1200 g/mol. The Labute approximate surface area is 546 Å². The van der Waals surface area contributed by atoms with Crippen molar-refractivity contribution in [2.24, 2.45) is 35.1 Å². The molecule has 2 aromatic rings. The van der Waals surface area contributed by atoms with E-state index in [1.54, 1.807) is 116 Å². The molecule has 4 rings (SSSR count). The Morgan fingerprint density at radius 1 is 0.548 bits per heavy atom. The molecule has 27 heteroatoms. The predicted octanol–water partition coefficient (Wildman–Crippen LogP) is 0.929. The number of aliphatic carboxylic acids is 1. The second-order valence-corrected chi connectivity index (χ2v) is 25.7. The zero-order valence-electron chi connectivity index (χ0n) is 56.5. The van der Waals surface area contributed by atoms with Gasteiger partial charge in [0.05, 0.1) is 12.8 Å². The SMILES string of the molecule is CCC(C)C(C(=O)N(C)C(C(=O)N(C)C(CC(C)C)C(=O)NC(CC(N)=O)C(=O)NC(Cc1ccccc1)C(=O)N1CCCC1C(=O)N1CCCC1C(=O)O)C(C)C)N(C)C(=O)C(CC(N)=O)N(C)C(=O)C(C(C)C)N(C)C(=O)C(Cc1ccccc1)NC(=O)COC. The minimum atomic E-state index is -1.70. The molecule has 2 aliphatic heterocycles. The topological polar surface area (TPSA) is 362 Å². The summed E-state index contributed by atoms with van der Waals surface area (Å²) in [4.78, 5) is 191. The number of hydrogen-bond donors (Lipinski definition) is 6. The average molecular weight is 1300 g/mol. The van der Waals surface area contributed by atoms with E-state index in [1.807, 2.05) is 0 Å². The summed E-state index contributed by atoms with van der Waals surface area (Å²) in [6, 6.07) is 4.45. The standard InChI is InChI=1S/C66H100N12O15/c1-15-41(8)56(76(13)61(86)50(36-52(68)80)73(10)64(89)54(39(4)5)74(11)59(84)45(69-53(81)37-93-14)33-42-24-18-16-19-25-42)65(90)75(12)55(40(6)7)63(88)72(9)49(32-38(2)3)58(83)70-44(35-51(67)79)57(82)71-46(34-43-26-20-17-21-27-43)60(85)77-30-22-28-47(77)62(87)78-31-23-29-48(78)66(91)92/h16-21,24-27,38-41,44-50,54-56H,15,22-23,28-37H2,1-14H3,(H2,67,79)(H2,68,80)(H,69,81)(H,70,83)(H,71,82)(H,91,92). The van der Waals surface area contributed by atoms with E-state index in [4.69, 9.17) is 16.2 Å². The van der Waals surface area contributed by atoms with Crippen molar-refractivity contribution in [3.8, 4) is 0 Å². The van der Waals surface area contributed by atoms with E-state index in [2.05, 4.69) is 16.0 Å². The summed E-state index contributed by atoms with van der Waals surface area (Å²) in [5.41, 5.74) is 12.8. The number of ether oxygens (including phenoxy) is 1. The number of amides is 12. The number of carbonyl (C=O) groups is 13. The Hall–Kier alpha value is -8.49. The lowest BCUT2D eigenvalue weighted by atomic mass is 9.92. The van der Waals surface area contributed by atoms with Crippen molar-refractivity contribution < 1.29 is 72.2 Å². The molecule has 0 spiro atoms. The molecule has 11 atom stereocenters. The van der Waals surface area contributed by atoms with Crippen LogP contribution in [-0.4, -0.2) is 239 Å². The van der Waals surface area contributed by atoms with Crippen LogP contribution in [0.1, 0.15) is 118 Å². The van der Waals surface area contributed by atoms with Crippen LogP contribution in [0.25, 0.3) is 0 Å². The molecule has 0 aromatic heterocycles. The number of carboxylic acid groups (broad SMARTS) is 1. The molecule has 12 amide bonds. The van der Waals surface area contributed by atoms with Gasteiger partial charge in [-0.2, -0.15) is 0 Å². The maximum Gasteiger partial charge on any atom is 0.326 e. The second-order valence-electron chi connectivity index (χ2n) is 25.7. The summed E-state index contributed by atoms with van der Waals surface area (Å²) in [5, 5.41) is 17.9. The highest BCUT2D eigenvalue weighted by atomic mass is 16.5. The van der Waals surface area contributed by atoms with Gasteiger partial charge in [0.1, 0.15) is 67.0 Å². The molecule has 27 nitrogen and oxygen atoms in total. The average Bonchev–Trinajstić information content (AvgIpc) is 1.72. The highest BCUT2D eigenvalue weighted by Crippen LogP contribution is 2.28. The lowest BCUT2D eigenvalue weighted by molar-refractivity contribution is -0.158. The number of carbonyl (C=O) groups excluding carboxylic acids is 12. The first-order chi connectivity index (χ1) is 43.7. The zero-order valence-corrected chi connectivity index (χ0v) is 56.5. The van der Waals surface area contributed by atoms with E-state index in [1.165, 1.54) is 61.9 Å². The summed E-state index contributed by atoms with van der Waals surface area (Å²) in [7, 11) is 8.08. The van der Waals surface area contributed by atoms with E-state index >= 15 is 14.4 Å². The third-order valence-corrected chi connectivity index (χ3v) is 17.6. The highest BCUT2D eigenvalue weighted by Gasteiger charge is 2.47. The Morgan fingerprint density at radius 3 is 1.47 bits per heavy atom. The number of carboxylic acids is 1. The van der Waals surface area contributed by atoms with Gasteiger partial charge in [0, 0.05) is 68.3 Å². The van der Waals surface area contributed by atoms with Crippen molar-refractivity contribution in [1.82, 2.24) is 50.2 Å². The fourth-order valence-corrected chi connectivity index (χ4v) is 12.5. The minimum absolute atomic E-state index is 0.00175. The summed E-state index contributed by atoms with van der Waals surface area (Å²) >= 11 is 0. The van der Waals surface area contributed by atoms with E-state index < -0.39 is 168 Å². The first-order valence-electron chi connectivity index (χ1n) is 31.9. The summed E-state index contributed by atoms with van der Waals surface area (Å²) in [6.45, 7) is 13.8. The van der Waals surface area contributed by atoms with Gasteiger partial charge < -0.3 is 71.6 Å². The van der Waals surface area contributed by atoms with Gasteiger partial charge in [-0.3, -0.25) is 57.5 Å². The molecule has 0 saturated carbocycles. The Balaban J connectivity index is 1.64. The van der Waals surface area contributed by atoms with Gasteiger partial charge in [-0.25, -0.2) is 4.79 Å². The number of hydrogen-bond acceptors (Lipinski definition) is 14. The van der Waals surface area contributed by atoms with E-state index in [0.717, 1.165) is 14.7 Å². The Bertz CT molecular complexity index is 2970.